The molecular formula is C70H55N13O8. The quantitative estimate of drug-likeness (QED) is 0.0747. The lowest BCUT2D eigenvalue weighted by Gasteiger charge is -2.14. The van der Waals surface area contributed by atoms with Crippen LogP contribution in [-0.4, -0.2) is 97.9 Å². The molecular weight excluding hydrogens is 1150 g/mol. The number of benzene rings is 9. The number of para-hydroxylation sites is 6. The molecule has 4 N–H and O–H groups in total. The van der Waals surface area contributed by atoms with E-state index >= 15 is 0 Å². The van der Waals surface area contributed by atoms with Crippen LogP contribution in [-0.2, 0) is 0 Å². The Kier molecular flexibility index (Phi) is 16.9. The summed E-state index contributed by atoms with van der Waals surface area (Å²) in [5.74, 6) is -0.620. The average Bonchev–Trinajstić information content (AvgIpc) is 2.61. The van der Waals surface area contributed by atoms with Crippen molar-refractivity contribution in [2.24, 2.45) is 0 Å². The smallest absolute Gasteiger partial charge is 0.337 e. The van der Waals surface area contributed by atoms with Gasteiger partial charge in [-0.3, -0.25) is 28.1 Å². The largest absolute Gasteiger partial charge is 0.493 e. The van der Waals surface area contributed by atoms with Gasteiger partial charge in [-0.2, -0.15) is 0 Å². The summed E-state index contributed by atoms with van der Waals surface area (Å²) in [6, 6.07) is 61.5. The molecule has 0 aliphatic heterocycles. The monoisotopic (exact) mass is 1210 g/mol. The number of carboxylic acid groups (broad SMARTS) is 1. The zero-order valence-corrected chi connectivity index (χ0v) is 49.0. The number of amides is 3. The second kappa shape index (κ2) is 26.4. The molecule has 0 aliphatic rings. The molecule has 0 bridgehead atoms. The van der Waals surface area contributed by atoms with Gasteiger partial charge >= 0.3 is 5.97 Å². The van der Waals surface area contributed by atoms with Crippen molar-refractivity contribution in [1.29, 1.82) is 0 Å². The van der Waals surface area contributed by atoms with Gasteiger partial charge in [0.1, 0.15) is 19.0 Å². The van der Waals surface area contributed by atoms with Crippen molar-refractivity contribution in [3.8, 4) is 45.7 Å². The minimum Gasteiger partial charge on any atom is -0.493 e. The highest BCUT2D eigenvalue weighted by Crippen LogP contribution is 2.38. The van der Waals surface area contributed by atoms with Gasteiger partial charge in [0.2, 0.25) is 5.75 Å². The number of carboxylic acids is 1. The normalized spacial score (nSPS) is 10.8. The molecule has 0 saturated carbocycles. The molecule has 0 radical (unpaired) electrons. The maximum Gasteiger partial charge on any atom is 0.337 e. The summed E-state index contributed by atoms with van der Waals surface area (Å²) in [6.45, 7) is 0. The molecule has 0 saturated heterocycles. The zero-order valence-electron chi connectivity index (χ0n) is 49.0. The molecule has 3 amide bonds. The van der Waals surface area contributed by atoms with Gasteiger partial charge in [-0.15, -0.1) is 0 Å². The van der Waals surface area contributed by atoms with E-state index in [9.17, 15) is 24.3 Å². The minimum absolute atomic E-state index is 0.0773. The van der Waals surface area contributed by atoms with Crippen LogP contribution in [0.1, 0.15) is 41.4 Å². The first-order chi connectivity index (χ1) is 44.5. The third kappa shape index (κ3) is 12.8. The first-order valence-electron chi connectivity index (χ1n) is 28.3. The van der Waals surface area contributed by atoms with Gasteiger partial charge in [-0.25, -0.2) is 29.7 Å². The number of methoxy groups -OCH3 is 3. The Labute approximate surface area is 519 Å². The lowest BCUT2D eigenvalue weighted by atomic mass is 10.1. The number of fused-ring (bicyclic) bond motifs is 3. The Hall–Kier alpha value is -12.9. The van der Waals surface area contributed by atoms with E-state index in [1.54, 1.807) is 72.7 Å². The van der Waals surface area contributed by atoms with E-state index in [-0.39, 0.29) is 23.3 Å². The van der Waals surface area contributed by atoms with Crippen LogP contribution in [0.25, 0.3) is 61.5 Å². The van der Waals surface area contributed by atoms with Crippen LogP contribution in [0.5, 0.6) is 17.2 Å². The highest BCUT2D eigenvalue weighted by atomic mass is 16.5. The fourth-order valence-corrected chi connectivity index (χ4v) is 10.2. The number of hydrogen-bond acceptors (Lipinski definition) is 12. The Balaban J connectivity index is 0.000000132. The van der Waals surface area contributed by atoms with Gasteiger partial charge in [-0.1, -0.05) is 60.7 Å². The van der Waals surface area contributed by atoms with Crippen LogP contribution in [0.3, 0.4) is 0 Å². The molecule has 21 nitrogen and oxygen atoms in total. The van der Waals surface area contributed by atoms with Gasteiger partial charge in [0.15, 0.2) is 11.5 Å². The van der Waals surface area contributed by atoms with Crippen molar-refractivity contribution in [1.82, 2.24) is 47.8 Å². The molecule has 5 heterocycles. The Bertz CT molecular complexity index is 4930. The van der Waals surface area contributed by atoms with Gasteiger partial charge in [0.25, 0.3) is 17.7 Å². The van der Waals surface area contributed by atoms with E-state index in [1.807, 2.05) is 182 Å². The topological polar surface area (TPSA) is 241 Å². The molecule has 91 heavy (non-hydrogen) atoms. The molecule has 9 aromatic carbocycles. The summed E-state index contributed by atoms with van der Waals surface area (Å²) in [5.41, 5.74) is 13.0. The number of imidazole rings is 5. The number of aromatic carboxylic acids is 1. The molecule has 0 unspecified atom stereocenters. The van der Waals surface area contributed by atoms with E-state index in [1.165, 1.54) is 45.9 Å². The number of rotatable bonds is 15. The van der Waals surface area contributed by atoms with Crippen LogP contribution < -0.4 is 30.2 Å². The van der Waals surface area contributed by atoms with Crippen LogP contribution in [0.2, 0.25) is 0 Å². The standard InChI is InChI=1S/C24H17N5O3.C23H17N5O.C23H21N3O4/c30-23(16-8-9-19(24(31)32)22(12-16)28-11-10-25-14-28)27-17-4-3-5-18(13-17)29-15-26-20-6-1-2-7-21(20)29;29-23(17-5-3-7-19(13-17)27-12-11-24-15-27)26-18-6-4-8-20(14-18)28-16-25-21-9-1-2-10-22(21)28;1-28-20-11-15(12-21(29-2)22(20)30-3)23(27)25-16-7-6-8-17(13-16)26-14-24-18-9-4-5-10-19(18)26/h1-15H,(H,27,30)(H,31,32);1-16H,(H,26,29);4-14H,1-3H3,(H,25,27). The van der Waals surface area contributed by atoms with E-state index < -0.39 is 5.97 Å². The van der Waals surface area contributed by atoms with Gasteiger partial charge in [0.05, 0.1) is 78.3 Å². The third-order valence-corrected chi connectivity index (χ3v) is 14.6. The van der Waals surface area contributed by atoms with E-state index in [4.69, 9.17) is 14.2 Å². The zero-order chi connectivity index (χ0) is 62.8. The number of carbonyl (C=O) groups is 4. The molecule has 448 valence electrons. The second-order valence-electron chi connectivity index (χ2n) is 20.3. The summed E-state index contributed by atoms with van der Waals surface area (Å²) in [6.07, 6.45) is 15.2. The lowest BCUT2D eigenvalue weighted by Crippen LogP contribution is -2.14. The van der Waals surface area contributed by atoms with Crippen LogP contribution in [0.15, 0.2) is 257 Å². The summed E-state index contributed by atoms with van der Waals surface area (Å²) in [5, 5.41) is 18.3. The molecule has 5 aromatic heterocycles. The molecule has 0 atom stereocenters. The van der Waals surface area contributed by atoms with Gasteiger partial charge in [0, 0.05) is 81.3 Å². The van der Waals surface area contributed by atoms with Crippen molar-refractivity contribution in [2.75, 3.05) is 37.3 Å². The van der Waals surface area contributed by atoms with Crippen molar-refractivity contribution in [3.63, 3.8) is 0 Å². The lowest BCUT2D eigenvalue weighted by molar-refractivity contribution is 0.0695. The number of aromatic nitrogens is 10. The first kappa shape index (κ1) is 58.5. The summed E-state index contributed by atoms with van der Waals surface area (Å²) in [4.78, 5) is 71.5. The van der Waals surface area contributed by atoms with E-state index in [0.717, 1.165) is 61.5 Å². The van der Waals surface area contributed by atoms with Crippen LogP contribution in [0.4, 0.5) is 17.1 Å². The SMILES string of the molecule is COc1cc(C(=O)Nc2cccc(-n3cnc4ccccc43)c2)cc(OC)c1OC.O=C(Nc1cccc(-n2cnc3ccccc32)c1)c1ccc(C(=O)O)c(-n2ccnc2)c1.O=C(Nc1cccc(-n2cnc3ccccc32)c1)c1cccc(-n2ccnc2)c1. The van der Waals surface area contributed by atoms with Crippen molar-refractivity contribution < 1.29 is 38.5 Å². The molecule has 0 spiro atoms. The van der Waals surface area contributed by atoms with Crippen molar-refractivity contribution in [2.45, 2.75) is 0 Å². The fourth-order valence-electron chi connectivity index (χ4n) is 10.2. The number of nitrogens with zero attached hydrogens (tertiary/aromatic N) is 10. The average molecular weight is 1210 g/mol. The van der Waals surface area contributed by atoms with Crippen LogP contribution in [0, 0.1) is 0 Å². The molecule has 0 fully saturated rings. The highest BCUT2D eigenvalue weighted by molar-refractivity contribution is 6.07. The maximum atomic E-state index is 12.9. The van der Waals surface area contributed by atoms with Gasteiger partial charge in [-0.05, 0) is 140 Å². The Morgan fingerprint density at radius 1 is 0.396 bits per heavy atom. The number of nitrogens with one attached hydrogen (secondary N) is 3. The number of hydrogen-bond donors (Lipinski definition) is 4. The van der Waals surface area contributed by atoms with E-state index in [0.29, 0.717) is 51.0 Å². The van der Waals surface area contributed by atoms with E-state index in [2.05, 4.69) is 40.9 Å². The Morgan fingerprint density at radius 2 is 0.813 bits per heavy atom. The summed E-state index contributed by atoms with van der Waals surface area (Å²) < 4.78 is 25.3. The third-order valence-electron chi connectivity index (χ3n) is 14.6. The van der Waals surface area contributed by atoms with Crippen molar-refractivity contribution in [3.05, 3.63) is 279 Å². The number of anilines is 3. The number of carbonyl (C=O) groups excluding carboxylic acids is 3. The summed E-state index contributed by atoms with van der Waals surface area (Å²) in [7, 11) is 4.54. The predicted octanol–water partition coefficient (Wildman–Crippen LogP) is 12.9. The fraction of sp³-hybridized carbons (Fsp3) is 0.0429. The molecule has 14 aromatic rings. The summed E-state index contributed by atoms with van der Waals surface area (Å²) >= 11 is 0. The molecule has 21 heteroatoms. The molecule has 0 aliphatic carbocycles. The number of ether oxygens (including phenoxy) is 3. The van der Waals surface area contributed by atoms with Crippen LogP contribution >= 0.6 is 0 Å². The van der Waals surface area contributed by atoms with Gasteiger partial charge < -0.3 is 44.4 Å². The second-order valence-corrected chi connectivity index (χ2v) is 20.3. The Morgan fingerprint density at radius 3 is 1.24 bits per heavy atom. The first-order valence-corrected chi connectivity index (χ1v) is 28.3. The maximum absolute atomic E-state index is 12.9. The molecule has 14 rings (SSSR count). The van der Waals surface area contributed by atoms with Crippen molar-refractivity contribution >= 4 is 73.9 Å². The predicted molar refractivity (Wildman–Crippen MR) is 347 cm³/mol. The highest BCUT2D eigenvalue weighted by Gasteiger charge is 2.20. The minimum atomic E-state index is -1.08.